The monoisotopic (exact) mass is 231 g/mol. The molecule has 0 spiro atoms. The summed E-state index contributed by atoms with van der Waals surface area (Å²) in [6, 6.07) is 8.64. The van der Waals surface area contributed by atoms with Gasteiger partial charge in [-0.3, -0.25) is 0 Å². The predicted molar refractivity (Wildman–Crippen MR) is 69.0 cm³/mol. The fourth-order valence-electron chi connectivity index (χ4n) is 2.74. The third-order valence-electron chi connectivity index (χ3n) is 4.00. The first kappa shape index (κ1) is 11.1. The van der Waals surface area contributed by atoms with Crippen molar-refractivity contribution in [2.45, 2.75) is 50.7 Å². The van der Waals surface area contributed by atoms with Gasteiger partial charge in [0.05, 0.1) is 6.10 Å². The van der Waals surface area contributed by atoms with Crippen LogP contribution >= 0.6 is 0 Å². The highest BCUT2D eigenvalue weighted by Gasteiger charge is 2.25. The third kappa shape index (κ3) is 2.63. The van der Waals surface area contributed by atoms with Crippen LogP contribution in [0.5, 0.6) is 5.75 Å². The maximum atomic E-state index is 6.32. The SMILES string of the molecule is NC(c1ccc(OC2CC2)cc1)C1CCCC1. The second-order valence-electron chi connectivity index (χ2n) is 5.46. The molecule has 0 bridgehead atoms. The Morgan fingerprint density at radius 3 is 2.24 bits per heavy atom. The van der Waals surface area contributed by atoms with E-state index in [4.69, 9.17) is 10.5 Å². The molecule has 2 heteroatoms. The van der Waals surface area contributed by atoms with Crippen molar-refractivity contribution in [2.24, 2.45) is 11.7 Å². The standard InChI is InChI=1S/C15H21NO/c16-15(11-3-1-2-4-11)12-5-7-13(8-6-12)17-14-9-10-14/h5-8,11,14-15H,1-4,9-10,16H2. The average molecular weight is 231 g/mol. The molecule has 1 unspecified atom stereocenters. The molecule has 0 aromatic heterocycles. The fourth-order valence-corrected chi connectivity index (χ4v) is 2.74. The second-order valence-corrected chi connectivity index (χ2v) is 5.46. The van der Waals surface area contributed by atoms with E-state index in [9.17, 15) is 0 Å². The van der Waals surface area contributed by atoms with Gasteiger partial charge in [0.1, 0.15) is 5.75 Å². The van der Waals surface area contributed by atoms with Gasteiger partial charge in [-0.2, -0.15) is 0 Å². The molecule has 92 valence electrons. The number of nitrogens with two attached hydrogens (primary N) is 1. The smallest absolute Gasteiger partial charge is 0.119 e. The molecule has 2 fully saturated rings. The van der Waals surface area contributed by atoms with Gasteiger partial charge in [-0.05, 0) is 49.3 Å². The van der Waals surface area contributed by atoms with Crippen LogP contribution in [0.3, 0.4) is 0 Å². The predicted octanol–water partition coefficient (Wildman–Crippen LogP) is 3.42. The number of hydrogen-bond donors (Lipinski definition) is 1. The molecule has 0 radical (unpaired) electrons. The van der Waals surface area contributed by atoms with Crippen molar-refractivity contribution in [2.75, 3.05) is 0 Å². The van der Waals surface area contributed by atoms with E-state index in [0.29, 0.717) is 12.0 Å². The summed E-state index contributed by atoms with van der Waals surface area (Å²) in [5, 5.41) is 0. The normalized spacial score (nSPS) is 22.6. The molecule has 3 rings (SSSR count). The van der Waals surface area contributed by atoms with Crippen molar-refractivity contribution in [1.29, 1.82) is 0 Å². The van der Waals surface area contributed by atoms with E-state index in [1.165, 1.54) is 44.1 Å². The van der Waals surface area contributed by atoms with Crippen LogP contribution in [0.15, 0.2) is 24.3 Å². The Morgan fingerprint density at radius 1 is 1.00 bits per heavy atom. The quantitative estimate of drug-likeness (QED) is 0.861. The number of hydrogen-bond acceptors (Lipinski definition) is 2. The van der Waals surface area contributed by atoms with Crippen molar-refractivity contribution in [3.8, 4) is 5.75 Å². The maximum absolute atomic E-state index is 6.32. The van der Waals surface area contributed by atoms with E-state index in [0.717, 1.165) is 5.75 Å². The first-order valence-electron chi connectivity index (χ1n) is 6.85. The lowest BCUT2D eigenvalue weighted by Crippen LogP contribution is -2.18. The van der Waals surface area contributed by atoms with Crippen LogP contribution in [-0.4, -0.2) is 6.10 Å². The van der Waals surface area contributed by atoms with E-state index >= 15 is 0 Å². The Hall–Kier alpha value is -1.02. The average Bonchev–Trinajstić information content (AvgIpc) is 3.00. The number of rotatable bonds is 4. The molecule has 1 atom stereocenters. The zero-order valence-corrected chi connectivity index (χ0v) is 10.3. The van der Waals surface area contributed by atoms with Crippen molar-refractivity contribution in [1.82, 2.24) is 0 Å². The fraction of sp³-hybridized carbons (Fsp3) is 0.600. The van der Waals surface area contributed by atoms with Crippen LogP contribution in [0.25, 0.3) is 0 Å². The minimum Gasteiger partial charge on any atom is -0.490 e. The van der Waals surface area contributed by atoms with Gasteiger partial charge in [-0.1, -0.05) is 25.0 Å². The van der Waals surface area contributed by atoms with Gasteiger partial charge in [0.15, 0.2) is 0 Å². The van der Waals surface area contributed by atoms with Crippen LogP contribution in [0.2, 0.25) is 0 Å². The van der Waals surface area contributed by atoms with Crippen LogP contribution in [0, 0.1) is 5.92 Å². The zero-order chi connectivity index (χ0) is 11.7. The van der Waals surface area contributed by atoms with Crippen molar-refractivity contribution < 1.29 is 4.74 Å². The summed E-state index contributed by atoms with van der Waals surface area (Å²) >= 11 is 0. The summed E-state index contributed by atoms with van der Waals surface area (Å²) in [6.45, 7) is 0. The molecule has 17 heavy (non-hydrogen) atoms. The molecule has 0 amide bonds. The van der Waals surface area contributed by atoms with Crippen molar-refractivity contribution in [3.63, 3.8) is 0 Å². The lowest BCUT2D eigenvalue weighted by molar-refractivity contribution is 0.303. The zero-order valence-electron chi connectivity index (χ0n) is 10.3. The number of ether oxygens (including phenoxy) is 1. The molecule has 1 aromatic rings. The molecule has 2 nitrogen and oxygen atoms in total. The summed E-state index contributed by atoms with van der Waals surface area (Å²) in [5.41, 5.74) is 7.59. The highest BCUT2D eigenvalue weighted by molar-refractivity contribution is 5.30. The van der Waals surface area contributed by atoms with E-state index in [1.807, 2.05) is 0 Å². The lowest BCUT2D eigenvalue weighted by Gasteiger charge is -2.19. The second kappa shape index (κ2) is 4.69. The van der Waals surface area contributed by atoms with Crippen LogP contribution in [-0.2, 0) is 0 Å². The van der Waals surface area contributed by atoms with Gasteiger partial charge in [-0.15, -0.1) is 0 Å². The first-order chi connectivity index (χ1) is 8.33. The molecular weight excluding hydrogens is 210 g/mol. The summed E-state index contributed by atoms with van der Waals surface area (Å²) < 4.78 is 5.74. The van der Waals surface area contributed by atoms with E-state index < -0.39 is 0 Å². The molecule has 2 aliphatic carbocycles. The Bertz CT molecular complexity index is 363. The Balaban J connectivity index is 1.65. The highest BCUT2D eigenvalue weighted by Crippen LogP contribution is 2.35. The van der Waals surface area contributed by atoms with Gasteiger partial charge in [0.25, 0.3) is 0 Å². The van der Waals surface area contributed by atoms with Gasteiger partial charge in [-0.25, -0.2) is 0 Å². The van der Waals surface area contributed by atoms with Crippen molar-refractivity contribution >= 4 is 0 Å². The molecule has 1 aromatic carbocycles. The minimum absolute atomic E-state index is 0.215. The van der Waals surface area contributed by atoms with Crippen LogP contribution < -0.4 is 10.5 Å². The topological polar surface area (TPSA) is 35.2 Å². The van der Waals surface area contributed by atoms with E-state index in [2.05, 4.69) is 24.3 Å². The molecule has 2 N–H and O–H groups in total. The van der Waals surface area contributed by atoms with Crippen LogP contribution in [0.4, 0.5) is 0 Å². The van der Waals surface area contributed by atoms with E-state index in [-0.39, 0.29) is 6.04 Å². The molecular formula is C15H21NO. The minimum atomic E-state index is 0.215. The first-order valence-corrected chi connectivity index (χ1v) is 6.85. The van der Waals surface area contributed by atoms with Gasteiger partial charge in [0.2, 0.25) is 0 Å². The summed E-state index contributed by atoms with van der Waals surface area (Å²) in [4.78, 5) is 0. The van der Waals surface area contributed by atoms with E-state index in [1.54, 1.807) is 0 Å². The number of benzene rings is 1. The molecule has 0 saturated heterocycles. The molecule has 0 aliphatic heterocycles. The summed E-state index contributed by atoms with van der Waals surface area (Å²) in [7, 11) is 0. The highest BCUT2D eigenvalue weighted by atomic mass is 16.5. The van der Waals surface area contributed by atoms with Gasteiger partial charge in [0, 0.05) is 6.04 Å². The maximum Gasteiger partial charge on any atom is 0.119 e. The molecule has 2 saturated carbocycles. The Morgan fingerprint density at radius 2 is 1.65 bits per heavy atom. The largest absolute Gasteiger partial charge is 0.490 e. The van der Waals surface area contributed by atoms with Crippen LogP contribution in [0.1, 0.15) is 50.1 Å². The van der Waals surface area contributed by atoms with Gasteiger partial charge < -0.3 is 10.5 Å². The molecule has 2 aliphatic rings. The Labute approximate surface area is 103 Å². The molecule has 0 heterocycles. The third-order valence-corrected chi connectivity index (χ3v) is 4.00. The van der Waals surface area contributed by atoms with Crippen molar-refractivity contribution in [3.05, 3.63) is 29.8 Å². The Kier molecular flexibility index (Phi) is 3.06. The summed E-state index contributed by atoms with van der Waals surface area (Å²) in [6.07, 6.45) is 8.18. The lowest BCUT2D eigenvalue weighted by atomic mass is 9.92. The summed E-state index contributed by atoms with van der Waals surface area (Å²) in [5.74, 6) is 1.68. The van der Waals surface area contributed by atoms with Gasteiger partial charge >= 0.3 is 0 Å².